The molecule has 2 aliphatic heterocycles. The summed E-state index contributed by atoms with van der Waals surface area (Å²) in [4.78, 5) is 52.5. The van der Waals surface area contributed by atoms with E-state index in [9.17, 15) is 19.2 Å². The first-order valence-electron chi connectivity index (χ1n) is 10.6. The van der Waals surface area contributed by atoms with E-state index in [1.165, 1.54) is 4.90 Å². The van der Waals surface area contributed by atoms with Crippen LogP contribution in [0.15, 0.2) is 42.5 Å². The molecule has 7 heteroatoms. The lowest BCUT2D eigenvalue weighted by Crippen LogP contribution is -2.35. The molecule has 0 unspecified atom stereocenters. The minimum Gasteiger partial charge on any atom is -0.326 e. The minimum atomic E-state index is -0.310. The Morgan fingerprint density at radius 2 is 1.71 bits per heavy atom. The molecule has 0 aliphatic carbocycles. The Labute approximate surface area is 181 Å². The molecule has 0 aromatic heterocycles. The number of aryl methyl sites for hydroxylation is 1. The Balaban J connectivity index is 1.34. The number of benzene rings is 2. The molecule has 0 radical (unpaired) electrons. The fourth-order valence-electron chi connectivity index (χ4n) is 4.10. The quantitative estimate of drug-likeness (QED) is 0.726. The minimum absolute atomic E-state index is 0.110. The van der Waals surface area contributed by atoms with Crippen molar-refractivity contribution in [2.45, 2.75) is 39.0 Å². The monoisotopic (exact) mass is 419 g/mol. The molecule has 0 saturated carbocycles. The van der Waals surface area contributed by atoms with Crippen LogP contribution >= 0.6 is 0 Å². The van der Waals surface area contributed by atoms with E-state index in [1.54, 1.807) is 29.2 Å². The molecule has 2 aromatic rings. The molecule has 0 atom stereocenters. The van der Waals surface area contributed by atoms with Crippen LogP contribution in [0, 0.1) is 6.92 Å². The van der Waals surface area contributed by atoms with Crippen molar-refractivity contribution in [2.75, 3.05) is 23.3 Å². The van der Waals surface area contributed by atoms with E-state index in [0.29, 0.717) is 36.2 Å². The number of nitrogens with one attached hydrogen (secondary N) is 1. The smallest absolute Gasteiger partial charge is 0.261 e. The molecular formula is C24H25N3O4. The number of fused-ring (bicyclic) bond motifs is 1. The fourth-order valence-corrected chi connectivity index (χ4v) is 4.10. The summed E-state index contributed by atoms with van der Waals surface area (Å²) >= 11 is 0. The summed E-state index contributed by atoms with van der Waals surface area (Å²) < 4.78 is 0. The molecule has 2 aliphatic rings. The third-order valence-electron chi connectivity index (χ3n) is 5.77. The lowest BCUT2D eigenvalue weighted by Gasteiger charge is -2.28. The summed E-state index contributed by atoms with van der Waals surface area (Å²) in [6.07, 6.45) is 2.99. The number of hydrogen-bond acceptors (Lipinski definition) is 4. The molecular weight excluding hydrogens is 394 g/mol. The van der Waals surface area contributed by atoms with Crippen molar-refractivity contribution in [1.82, 2.24) is 4.90 Å². The molecule has 4 rings (SSSR count). The molecule has 1 fully saturated rings. The largest absolute Gasteiger partial charge is 0.326 e. The lowest BCUT2D eigenvalue weighted by molar-refractivity contribution is -0.119. The van der Waals surface area contributed by atoms with Crippen LogP contribution in [0.1, 0.15) is 58.4 Å². The number of carbonyl (C=O) groups excluding carboxylic acids is 4. The number of anilines is 2. The van der Waals surface area contributed by atoms with Gasteiger partial charge >= 0.3 is 0 Å². The van der Waals surface area contributed by atoms with Gasteiger partial charge in [0.15, 0.2) is 0 Å². The number of carbonyl (C=O) groups is 4. The van der Waals surface area contributed by atoms with Gasteiger partial charge in [0.1, 0.15) is 0 Å². The fraction of sp³-hybridized carbons (Fsp3) is 0.333. The second kappa shape index (κ2) is 8.71. The van der Waals surface area contributed by atoms with Gasteiger partial charge in [-0.05, 0) is 56.0 Å². The normalized spacial score (nSPS) is 16.0. The van der Waals surface area contributed by atoms with E-state index in [4.69, 9.17) is 0 Å². The third kappa shape index (κ3) is 4.21. The second-order valence-electron chi connectivity index (χ2n) is 7.96. The Kier molecular flexibility index (Phi) is 5.84. The van der Waals surface area contributed by atoms with E-state index in [0.717, 1.165) is 24.1 Å². The van der Waals surface area contributed by atoms with Crippen LogP contribution in [-0.4, -0.2) is 41.6 Å². The van der Waals surface area contributed by atoms with Crippen LogP contribution in [0.25, 0.3) is 0 Å². The van der Waals surface area contributed by atoms with Crippen molar-refractivity contribution in [1.29, 1.82) is 0 Å². The second-order valence-corrected chi connectivity index (χ2v) is 7.96. The molecule has 1 saturated heterocycles. The molecule has 160 valence electrons. The van der Waals surface area contributed by atoms with Gasteiger partial charge in [0.25, 0.3) is 11.8 Å². The summed E-state index contributed by atoms with van der Waals surface area (Å²) in [6, 6.07) is 12.3. The highest BCUT2D eigenvalue weighted by molar-refractivity contribution is 6.21. The van der Waals surface area contributed by atoms with Crippen molar-refractivity contribution < 1.29 is 19.2 Å². The molecule has 0 spiro atoms. The van der Waals surface area contributed by atoms with E-state index in [1.807, 2.05) is 25.1 Å². The molecule has 1 N–H and O–H groups in total. The number of nitrogens with zero attached hydrogens (tertiary/aromatic N) is 2. The number of rotatable bonds is 6. The number of piperidine rings is 1. The third-order valence-corrected chi connectivity index (χ3v) is 5.77. The predicted molar refractivity (Wildman–Crippen MR) is 117 cm³/mol. The van der Waals surface area contributed by atoms with Crippen LogP contribution in [0.3, 0.4) is 0 Å². The van der Waals surface area contributed by atoms with Gasteiger partial charge in [-0.3, -0.25) is 24.1 Å². The van der Waals surface area contributed by atoms with Gasteiger partial charge < -0.3 is 10.2 Å². The van der Waals surface area contributed by atoms with E-state index in [-0.39, 0.29) is 36.6 Å². The summed E-state index contributed by atoms with van der Waals surface area (Å²) in [5.41, 5.74) is 3.27. The van der Waals surface area contributed by atoms with Gasteiger partial charge in [-0.2, -0.15) is 0 Å². The number of hydrogen-bond donors (Lipinski definition) is 1. The molecule has 7 nitrogen and oxygen atoms in total. The molecule has 2 heterocycles. The summed E-state index contributed by atoms with van der Waals surface area (Å²) in [7, 11) is 0. The van der Waals surface area contributed by atoms with E-state index < -0.39 is 0 Å². The zero-order valence-electron chi connectivity index (χ0n) is 17.5. The van der Waals surface area contributed by atoms with Gasteiger partial charge in [0.2, 0.25) is 11.8 Å². The van der Waals surface area contributed by atoms with Crippen molar-refractivity contribution in [2.24, 2.45) is 0 Å². The highest BCUT2D eigenvalue weighted by Gasteiger charge is 2.34. The standard InChI is InChI=1S/C24H25N3O4/c1-16-11-12-17(15-20(16)26-13-5-4-10-22(26)29)25-21(28)9-6-14-27-23(30)18-7-2-3-8-19(18)24(27)31/h2-3,7-8,11-12,15H,4-6,9-10,13-14H2,1H3,(H,25,28). The van der Waals surface area contributed by atoms with E-state index >= 15 is 0 Å². The average molecular weight is 419 g/mol. The maximum Gasteiger partial charge on any atom is 0.261 e. The maximum atomic E-state index is 12.4. The number of amides is 4. The van der Waals surface area contributed by atoms with Gasteiger partial charge in [-0.25, -0.2) is 0 Å². The molecule has 0 bridgehead atoms. The van der Waals surface area contributed by atoms with Crippen molar-refractivity contribution >= 4 is 35.0 Å². The highest BCUT2D eigenvalue weighted by atomic mass is 16.2. The Morgan fingerprint density at radius 3 is 2.39 bits per heavy atom. The molecule has 2 aromatic carbocycles. The van der Waals surface area contributed by atoms with Gasteiger partial charge in [-0.15, -0.1) is 0 Å². The van der Waals surface area contributed by atoms with Gasteiger partial charge in [0, 0.05) is 37.3 Å². The van der Waals surface area contributed by atoms with Crippen LogP contribution in [0.5, 0.6) is 0 Å². The van der Waals surface area contributed by atoms with Crippen molar-refractivity contribution in [3.05, 3.63) is 59.2 Å². The Bertz CT molecular complexity index is 1030. The summed E-state index contributed by atoms with van der Waals surface area (Å²) in [5, 5.41) is 2.86. The van der Waals surface area contributed by atoms with Crippen molar-refractivity contribution in [3.63, 3.8) is 0 Å². The number of imide groups is 1. The van der Waals surface area contributed by atoms with Crippen LogP contribution in [0.4, 0.5) is 11.4 Å². The first-order valence-corrected chi connectivity index (χ1v) is 10.6. The molecule has 4 amide bonds. The Morgan fingerprint density at radius 1 is 1.00 bits per heavy atom. The van der Waals surface area contributed by atoms with Crippen molar-refractivity contribution in [3.8, 4) is 0 Å². The van der Waals surface area contributed by atoms with Gasteiger partial charge in [-0.1, -0.05) is 18.2 Å². The highest BCUT2D eigenvalue weighted by Crippen LogP contribution is 2.28. The zero-order chi connectivity index (χ0) is 22.0. The van der Waals surface area contributed by atoms with Crippen LogP contribution in [0.2, 0.25) is 0 Å². The SMILES string of the molecule is Cc1ccc(NC(=O)CCCN2C(=O)c3ccccc3C2=O)cc1N1CCCCC1=O. The van der Waals surface area contributed by atoms with Crippen LogP contribution in [-0.2, 0) is 9.59 Å². The average Bonchev–Trinajstić information content (AvgIpc) is 3.01. The Hall–Kier alpha value is -3.48. The molecule has 31 heavy (non-hydrogen) atoms. The topological polar surface area (TPSA) is 86.8 Å². The summed E-state index contributed by atoms with van der Waals surface area (Å²) in [5.74, 6) is -0.707. The first kappa shape index (κ1) is 20.8. The zero-order valence-corrected chi connectivity index (χ0v) is 17.5. The van der Waals surface area contributed by atoms with Crippen LogP contribution < -0.4 is 10.2 Å². The first-order chi connectivity index (χ1) is 15.0. The maximum absolute atomic E-state index is 12.4. The predicted octanol–water partition coefficient (Wildman–Crippen LogP) is 3.53. The summed E-state index contributed by atoms with van der Waals surface area (Å²) in [6.45, 7) is 2.84. The lowest BCUT2D eigenvalue weighted by atomic mass is 10.1. The van der Waals surface area contributed by atoms with E-state index in [2.05, 4.69) is 5.32 Å². The van der Waals surface area contributed by atoms with Gasteiger partial charge in [0.05, 0.1) is 11.1 Å².